The van der Waals surface area contributed by atoms with Crippen LogP contribution in [0, 0.1) is 12.8 Å². The van der Waals surface area contributed by atoms with Crippen LogP contribution in [0.15, 0.2) is 65.1 Å². The summed E-state index contributed by atoms with van der Waals surface area (Å²) in [4.78, 5) is 22.4. The molecule has 4 rings (SSSR count). The van der Waals surface area contributed by atoms with E-state index in [1.165, 1.54) is 5.57 Å². The lowest BCUT2D eigenvalue weighted by atomic mass is 9.93. The second kappa shape index (κ2) is 14.3. The van der Waals surface area contributed by atoms with E-state index < -0.39 is 0 Å². The van der Waals surface area contributed by atoms with E-state index in [1.807, 2.05) is 37.6 Å². The number of fused-ring (bicyclic) bond motifs is 2. The predicted octanol–water partition coefficient (Wildman–Crippen LogP) is 8.67. The third kappa shape index (κ3) is 7.67. The molecule has 2 aliphatic rings. The van der Waals surface area contributed by atoms with Crippen LogP contribution < -0.4 is 14.8 Å². The van der Waals surface area contributed by atoms with Crippen molar-refractivity contribution in [2.45, 2.75) is 78.2 Å². The number of ether oxygens (including phenoxy) is 2. The molecule has 0 aliphatic carbocycles. The Morgan fingerprint density at radius 1 is 0.952 bits per heavy atom. The maximum atomic E-state index is 13.0. The standard InChI is InChI=1S/C36H45N3O3/c1-8-23(3)14-27-17-34(40)31-16-25(5)35(20-33(31)37-21-27)42-13-11-10-12-28-18-32-30(19-36(28)41-7)26(6)39-29(22-38-32)15-24(4)9-2/h16,18-22,27,29,39H,3-4,6,8-15,17H2,1-2,5,7H3. The molecule has 0 fully saturated rings. The van der Waals surface area contributed by atoms with Crippen LogP contribution in [0.2, 0.25) is 0 Å². The molecule has 0 amide bonds. The molecule has 2 aromatic carbocycles. The number of unbranched alkanes of at least 4 members (excludes halogenated alkanes) is 1. The summed E-state index contributed by atoms with van der Waals surface area (Å²) in [5.41, 5.74) is 8.48. The van der Waals surface area contributed by atoms with E-state index in [0.29, 0.717) is 24.3 Å². The van der Waals surface area contributed by atoms with Crippen LogP contribution in [-0.4, -0.2) is 38.0 Å². The molecule has 0 radical (unpaired) electrons. The van der Waals surface area contributed by atoms with Gasteiger partial charge in [-0.05, 0) is 81.2 Å². The van der Waals surface area contributed by atoms with Gasteiger partial charge in [-0.1, -0.05) is 44.7 Å². The van der Waals surface area contributed by atoms with E-state index in [2.05, 4.69) is 50.0 Å². The molecule has 0 saturated carbocycles. The second-order valence-electron chi connectivity index (χ2n) is 11.4. The molecule has 222 valence electrons. The number of benzene rings is 2. The van der Waals surface area contributed by atoms with E-state index >= 15 is 0 Å². The molecular weight excluding hydrogens is 522 g/mol. The Labute approximate surface area is 251 Å². The molecular formula is C36H45N3O3. The zero-order valence-corrected chi connectivity index (χ0v) is 25.7. The number of nitrogens with one attached hydrogen (secondary N) is 1. The maximum absolute atomic E-state index is 13.0. The lowest BCUT2D eigenvalue weighted by molar-refractivity contribution is 0.0974. The van der Waals surface area contributed by atoms with Gasteiger partial charge in [0.25, 0.3) is 0 Å². The van der Waals surface area contributed by atoms with Crippen LogP contribution in [0.5, 0.6) is 11.5 Å². The maximum Gasteiger partial charge on any atom is 0.165 e. The number of carbonyl (C=O) groups is 1. The van der Waals surface area contributed by atoms with Crippen molar-refractivity contribution in [2.24, 2.45) is 15.9 Å². The van der Waals surface area contributed by atoms with Gasteiger partial charge in [0.05, 0.1) is 31.1 Å². The van der Waals surface area contributed by atoms with Gasteiger partial charge in [0.1, 0.15) is 11.5 Å². The number of Topliss-reactive ketones (excluding diaryl/α,β-unsaturated/α-hetero) is 1. The molecule has 2 unspecified atom stereocenters. The lowest BCUT2D eigenvalue weighted by Crippen LogP contribution is -2.28. The number of carbonyl (C=O) groups excluding carboxylic acids is 1. The van der Waals surface area contributed by atoms with Gasteiger partial charge in [-0.3, -0.25) is 14.8 Å². The quantitative estimate of drug-likeness (QED) is 0.194. The topological polar surface area (TPSA) is 72.3 Å². The van der Waals surface area contributed by atoms with Crippen LogP contribution >= 0.6 is 0 Å². The van der Waals surface area contributed by atoms with Gasteiger partial charge in [-0.2, -0.15) is 0 Å². The number of rotatable bonds is 13. The molecule has 0 saturated heterocycles. The Kier molecular flexibility index (Phi) is 10.6. The van der Waals surface area contributed by atoms with Gasteiger partial charge < -0.3 is 14.8 Å². The van der Waals surface area contributed by atoms with Gasteiger partial charge in [0, 0.05) is 47.7 Å². The largest absolute Gasteiger partial charge is 0.496 e. The molecule has 0 aromatic heterocycles. The van der Waals surface area contributed by atoms with Crippen molar-refractivity contribution in [2.75, 3.05) is 13.7 Å². The fourth-order valence-electron chi connectivity index (χ4n) is 5.40. The Hall–Kier alpha value is -3.93. The van der Waals surface area contributed by atoms with Crippen LogP contribution in [-0.2, 0) is 6.42 Å². The van der Waals surface area contributed by atoms with Gasteiger partial charge in [-0.25, -0.2) is 0 Å². The average molecular weight is 568 g/mol. The summed E-state index contributed by atoms with van der Waals surface area (Å²) in [6.07, 6.45) is 10.5. The van der Waals surface area contributed by atoms with E-state index in [9.17, 15) is 4.79 Å². The highest BCUT2D eigenvalue weighted by molar-refractivity contribution is 6.04. The van der Waals surface area contributed by atoms with Crippen LogP contribution in [0.1, 0.15) is 85.8 Å². The smallest absolute Gasteiger partial charge is 0.165 e. The van der Waals surface area contributed by atoms with Crippen molar-refractivity contribution in [3.05, 3.63) is 77.4 Å². The number of ketones is 1. The lowest BCUT2D eigenvalue weighted by Gasteiger charge is -2.17. The first-order valence-electron chi connectivity index (χ1n) is 15.1. The number of methoxy groups -OCH3 is 1. The molecule has 1 N–H and O–H groups in total. The summed E-state index contributed by atoms with van der Waals surface area (Å²) in [5.74, 6) is 1.84. The monoisotopic (exact) mass is 567 g/mol. The number of nitrogens with zero attached hydrogens (tertiary/aromatic N) is 2. The number of aliphatic imine (C=N–C) groups is 2. The zero-order valence-electron chi connectivity index (χ0n) is 25.7. The van der Waals surface area contributed by atoms with Crippen molar-refractivity contribution < 1.29 is 14.3 Å². The fourth-order valence-corrected chi connectivity index (χ4v) is 5.40. The van der Waals surface area contributed by atoms with E-state index in [1.54, 1.807) is 7.11 Å². The van der Waals surface area contributed by atoms with Crippen LogP contribution in [0.4, 0.5) is 11.4 Å². The molecule has 2 atom stereocenters. The summed E-state index contributed by atoms with van der Waals surface area (Å²) in [6.45, 7) is 19.3. The molecule has 2 aliphatic heterocycles. The van der Waals surface area contributed by atoms with Crippen molar-refractivity contribution in [1.29, 1.82) is 0 Å². The first kappa shape index (κ1) is 31.0. The van der Waals surface area contributed by atoms with Gasteiger partial charge >= 0.3 is 0 Å². The summed E-state index contributed by atoms with van der Waals surface area (Å²) in [5, 5.41) is 3.48. The Balaban J connectivity index is 1.37. The summed E-state index contributed by atoms with van der Waals surface area (Å²) >= 11 is 0. The highest BCUT2D eigenvalue weighted by atomic mass is 16.5. The molecule has 0 spiro atoms. The molecule has 42 heavy (non-hydrogen) atoms. The van der Waals surface area contributed by atoms with Crippen molar-refractivity contribution in [3.63, 3.8) is 0 Å². The predicted molar refractivity (Wildman–Crippen MR) is 175 cm³/mol. The van der Waals surface area contributed by atoms with Crippen molar-refractivity contribution in [1.82, 2.24) is 5.32 Å². The minimum absolute atomic E-state index is 0.0756. The van der Waals surface area contributed by atoms with Crippen LogP contribution in [0.25, 0.3) is 5.70 Å². The highest BCUT2D eigenvalue weighted by Gasteiger charge is 2.22. The SMILES string of the molecule is C=C(CC)CC1C=Nc2cc(OCCCCc3cc4c(cc3OC)C(=C)NC(CC(=C)CC)C=N4)c(C)cc2C(=O)C1. The summed E-state index contributed by atoms with van der Waals surface area (Å²) in [7, 11) is 1.70. The second-order valence-corrected chi connectivity index (χ2v) is 11.4. The average Bonchev–Trinajstić information content (AvgIpc) is 3.22. The first-order chi connectivity index (χ1) is 20.2. The third-order valence-corrected chi connectivity index (χ3v) is 8.10. The summed E-state index contributed by atoms with van der Waals surface area (Å²) in [6, 6.07) is 8.06. The fraction of sp³-hybridized carbons (Fsp3) is 0.417. The molecule has 6 heteroatoms. The normalized spacial score (nSPS) is 17.5. The number of aryl methyl sites for hydroxylation is 2. The number of hydrogen-bond donors (Lipinski definition) is 1. The molecule has 2 heterocycles. The van der Waals surface area contributed by atoms with E-state index in [-0.39, 0.29) is 17.7 Å². The molecule has 0 bridgehead atoms. The van der Waals surface area contributed by atoms with E-state index in [0.717, 1.165) is 90.1 Å². The first-order valence-corrected chi connectivity index (χ1v) is 15.1. The Bertz CT molecular complexity index is 1420. The summed E-state index contributed by atoms with van der Waals surface area (Å²) < 4.78 is 11.9. The van der Waals surface area contributed by atoms with Gasteiger partial charge in [0.15, 0.2) is 5.78 Å². The van der Waals surface area contributed by atoms with Crippen molar-refractivity contribution >= 4 is 35.3 Å². The molecule has 6 nitrogen and oxygen atoms in total. The minimum Gasteiger partial charge on any atom is -0.496 e. The Morgan fingerprint density at radius 3 is 2.40 bits per heavy atom. The number of hydrogen-bond acceptors (Lipinski definition) is 6. The van der Waals surface area contributed by atoms with Gasteiger partial charge in [-0.15, -0.1) is 0 Å². The minimum atomic E-state index is 0.0756. The highest BCUT2D eigenvalue weighted by Crippen LogP contribution is 2.36. The molecule has 2 aromatic rings. The van der Waals surface area contributed by atoms with Crippen LogP contribution in [0.3, 0.4) is 0 Å². The van der Waals surface area contributed by atoms with E-state index in [4.69, 9.17) is 14.5 Å². The zero-order chi connectivity index (χ0) is 30.2. The van der Waals surface area contributed by atoms with Gasteiger partial charge in [0.2, 0.25) is 0 Å². The Morgan fingerprint density at radius 2 is 1.67 bits per heavy atom. The van der Waals surface area contributed by atoms with Crippen molar-refractivity contribution in [3.8, 4) is 11.5 Å². The third-order valence-electron chi connectivity index (χ3n) is 8.10. The number of allylic oxidation sites excluding steroid dienone is 1.